The van der Waals surface area contributed by atoms with Gasteiger partial charge in [-0.2, -0.15) is 0 Å². The predicted octanol–water partition coefficient (Wildman–Crippen LogP) is 1.26. The summed E-state index contributed by atoms with van der Waals surface area (Å²) in [6, 6.07) is 6.64. The zero-order valence-electron chi connectivity index (χ0n) is 9.71. The number of carbonyl (C=O) groups excluding carboxylic acids is 1. The molecule has 0 aliphatic heterocycles. The Morgan fingerprint density at radius 2 is 2.18 bits per heavy atom. The Morgan fingerprint density at radius 3 is 2.88 bits per heavy atom. The first-order chi connectivity index (χ1) is 8.24. The van der Waals surface area contributed by atoms with E-state index in [2.05, 4.69) is 17.2 Å². The lowest BCUT2D eigenvalue weighted by Crippen LogP contribution is -2.34. The van der Waals surface area contributed by atoms with E-state index in [4.69, 9.17) is 0 Å². The minimum absolute atomic E-state index is 0.0848. The first kappa shape index (κ1) is 13.4. The highest BCUT2D eigenvalue weighted by Crippen LogP contribution is 2.05. The number of nitrogens with one attached hydrogen (secondary N) is 2. The van der Waals surface area contributed by atoms with Crippen molar-refractivity contribution in [2.24, 2.45) is 0 Å². The van der Waals surface area contributed by atoms with E-state index >= 15 is 0 Å². The van der Waals surface area contributed by atoms with Crippen LogP contribution >= 0.6 is 0 Å². The summed E-state index contributed by atoms with van der Waals surface area (Å²) in [6.45, 7) is 4.78. The van der Waals surface area contributed by atoms with Crippen LogP contribution in [0, 0.1) is 5.82 Å². The number of benzene rings is 1. The Kier molecular flexibility index (Phi) is 5.96. The fourth-order valence-electron chi connectivity index (χ4n) is 1.37. The molecule has 0 aliphatic rings. The molecule has 3 nitrogen and oxygen atoms in total. The van der Waals surface area contributed by atoms with E-state index in [-0.39, 0.29) is 18.3 Å². The quantitative estimate of drug-likeness (QED) is 0.553. The molecule has 0 radical (unpaired) electrons. The first-order valence-corrected chi connectivity index (χ1v) is 5.55. The molecular weight excluding hydrogens is 219 g/mol. The Morgan fingerprint density at radius 1 is 1.41 bits per heavy atom. The minimum atomic E-state index is -0.203. The van der Waals surface area contributed by atoms with Crippen molar-refractivity contribution in [2.45, 2.75) is 6.42 Å². The second-order valence-corrected chi connectivity index (χ2v) is 3.61. The van der Waals surface area contributed by atoms with Crippen LogP contribution in [0.25, 0.3) is 0 Å². The molecule has 0 atom stereocenters. The molecule has 17 heavy (non-hydrogen) atoms. The van der Waals surface area contributed by atoms with E-state index in [1.54, 1.807) is 24.3 Å². The maximum Gasteiger partial charge on any atom is 0.234 e. The second kappa shape index (κ2) is 7.57. The zero-order chi connectivity index (χ0) is 12.5. The number of carbonyl (C=O) groups is 1. The van der Waals surface area contributed by atoms with Crippen LogP contribution in [-0.2, 0) is 11.2 Å². The van der Waals surface area contributed by atoms with Gasteiger partial charge in [0.1, 0.15) is 5.82 Å². The molecule has 0 heterocycles. The van der Waals surface area contributed by atoms with E-state index in [1.165, 1.54) is 6.07 Å². The van der Waals surface area contributed by atoms with E-state index in [0.29, 0.717) is 25.1 Å². The van der Waals surface area contributed by atoms with Crippen LogP contribution in [0.1, 0.15) is 5.56 Å². The maximum atomic E-state index is 13.2. The molecule has 1 rings (SSSR count). The van der Waals surface area contributed by atoms with Crippen LogP contribution in [-0.4, -0.2) is 25.5 Å². The van der Waals surface area contributed by atoms with Gasteiger partial charge in [0.2, 0.25) is 5.91 Å². The van der Waals surface area contributed by atoms with Crippen molar-refractivity contribution >= 4 is 5.91 Å². The monoisotopic (exact) mass is 236 g/mol. The highest BCUT2D eigenvalue weighted by atomic mass is 19.1. The summed E-state index contributed by atoms with van der Waals surface area (Å²) in [5.41, 5.74) is 0.659. The van der Waals surface area contributed by atoms with Crippen molar-refractivity contribution in [1.29, 1.82) is 0 Å². The molecule has 1 aromatic rings. The van der Waals surface area contributed by atoms with Crippen molar-refractivity contribution < 1.29 is 9.18 Å². The van der Waals surface area contributed by atoms with Gasteiger partial charge in [-0.1, -0.05) is 24.3 Å². The molecule has 1 aromatic carbocycles. The van der Waals surface area contributed by atoms with Crippen LogP contribution in [0.2, 0.25) is 0 Å². The Hall–Kier alpha value is -1.68. The Bertz CT molecular complexity index is 379. The maximum absolute atomic E-state index is 13.2. The molecule has 0 saturated carbocycles. The Balaban J connectivity index is 2.18. The lowest BCUT2D eigenvalue weighted by atomic mass is 10.1. The molecule has 0 spiro atoms. The standard InChI is InChI=1S/C13H17FN2O/c1-2-8-16-13(17)10-15-9-7-11-5-3-4-6-12(11)14/h2-6,15H,1,7-10H2,(H,16,17). The molecule has 92 valence electrons. The number of rotatable bonds is 7. The van der Waals surface area contributed by atoms with Crippen LogP contribution < -0.4 is 10.6 Å². The van der Waals surface area contributed by atoms with Crippen molar-refractivity contribution in [3.63, 3.8) is 0 Å². The second-order valence-electron chi connectivity index (χ2n) is 3.61. The van der Waals surface area contributed by atoms with Crippen LogP contribution in [0.5, 0.6) is 0 Å². The fraction of sp³-hybridized carbons (Fsp3) is 0.308. The van der Waals surface area contributed by atoms with Crippen LogP contribution in [0.15, 0.2) is 36.9 Å². The van der Waals surface area contributed by atoms with Crippen molar-refractivity contribution in [2.75, 3.05) is 19.6 Å². The average molecular weight is 236 g/mol. The highest BCUT2D eigenvalue weighted by Gasteiger charge is 2.01. The molecule has 0 aliphatic carbocycles. The van der Waals surface area contributed by atoms with Crippen molar-refractivity contribution in [3.05, 3.63) is 48.3 Å². The molecule has 1 amide bonds. The van der Waals surface area contributed by atoms with E-state index in [1.807, 2.05) is 0 Å². The zero-order valence-corrected chi connectivity index (χ0v) is 9.71. The predicted molar refractivity (Wildman–Crippen MR) is 66.2 cm³/mol. The lowest BCUT2D eigenvalue weighted by molar-refractivity contribution is -0.120. The number of amides is 1. The normalized spacial score (nSPS) is 9.94. The summed E-state index contributed by atoms with van der Waals surface area (Å²) >= 11 is 0. The third kappa shape index (κ3) is 5.26. The van der Waals surface area contributed by atoms with E-state index in [9.17, 15) is 9.18 Å². The van der Waals surface area contributed by atoms with Gasteiger partial charge in [-0.15, -0.1) is 6.58 Å². The topological polar surface area (TPSA) is 41.1 Å². The van der Waals surface area contributed by atoms with Gasteiger partial charge in [-0.05, 0) is 24.6 Å². The van der Waals surface area contributed by atoms with Gasteiger partial charge in [0.05, 0.1) is 6.54 Å². The van der Waals surface area contributed by atoms with Gasteiger partial charge in [0.25, 0.3) is 0 Å². The molecule has 0 fully saturated rings. The fourth-order valence-corrected chi connectivity index (χ4v) is 1.37. The summed E-state index contributed by atoms with van der Waals surface area (Å²) in [5, 5.41) is 5.61. The largest absolute Gasteiger partial charge is 0.352 e. The summed E-state index contributed by atoms with van der Waals surface area (Å²) in [5.74, 6) is -0.288. The highest BCUT2D eigenvalue weighted by molar-refractivity contribution is 5.78. The van der Waals surface area contributed by atoms with Gasteiger partial charge >= 0.3 is 0 Å². The van der Waals surface area contributed by atoms with Crippen molar-refractivity contribution in [3.8, 4) is 0 Å². The van der Waals surface area contributed by atoms with E-state index < -0.39 is 0 Å². The Labute approximate surface area is 101 Å². The van der Waals surface area contributed by atoms with Gasteiger partial charge in [0, 0.05) is 6.54 Å². The number of halogens is 1. The van der Waals surface area contributed by atoms with E-state index in [0.717, 1.165) is 0 Å². The molecule has 4 heteroatoms. The molecule has 0 bridgehead atoms. The molecule has 0 unspecified atom stereocenters. The number of hydrogen-bond acceptors (Lipinski definition) is 2. The molecule has 0 aromatic heterocycles. The smallest absolute Gasteiger partial charge is 0.234 e. The summed E-state index contributed by atoms with van der Waals surface area (Å²) in [4.78, 5) is 11.2. The molecule has 2 N–H and O–H groups in total. The van der Waals surface area contributed by atoms with Crippen molar-refractivity contribution in [1.82, 2.24) is 10.6 Å². The minimum Gasteiger partial charge on any atom is -0.352 e. The third-order valence-electron chi connectivity index (χ3n) is 2.26. The molecular formula is C13H17FN2O. The van der Waals surface area contributed by atoms with Gasteiger partial charge in [-0.25, -0.2) is 4.39 Å². The van der Waals surface area contributed by atoms with Gasteiger partial charge in [-0.3, -0.25) is 4.79 Å². The van der Waals surface area contributed by atoms with Crippen LogP contribution in [0.4, 0.5) is 4.39 Å². The summed E-state index contributed by atoms with van der Waals surface area (Å²) in [7, 11) is 0. The summed E-state index contributed by atoms with van der Waals surface area (Å²) < 4.78 is 13.2. The first-order valence-electron chi connectivity index (χ1n) is 5.55. The van der Waals surface area contributed by atoms with Gasteiger partial charge in [0.15, 0.2) is 0 Å². The average Bonchev–Trinajstić information content (AvgIpc) is 2.34. The van der Waals surface area contributed by atoms with Gasteiger partial charge < -0.3 is 10.6 Å². The number of hydrogen-bond donors (Lipinski definition) is 2. The SMILES string of the molecule is C=CCNC(=O)CNCCc1ccccc1F. The lowest BCUT2D eigenvalue weighted by Gasteiger charge is -2.05. The molecule has 0 saturated heterocycles. The third-order valence-corrected chi connectivity index (χ3v) is 2.26. The summed E-state index contributed by atoms with van der Waals surface area (Å²) in [6.07, 6.45) is 2.19. The van der Waals surface area contributed by atoms with Crippen LogP contribution in [0.3, 0.4) is 0 Å².